The van der Waals surface area contributed by atoms with Crippen LogP contribution in [0, 0.1) is 0 Å². The van der Waals surface area contributed by atoms with Gasteiger partial charge in [0.15, 0.2) is 0 Å². The molecule has 4 heteroatoms. The van der Waals surface area contributed by atoms with Crippen molar-refractivity contribution < 1.29 is 9.90 Å². The third-order valence-electron chi connectivity index (χ3n) is 4.63. The number of likely N-dealkylation sites (tertiary alicyclic amines) is 1. The van der Waals surface area contributed by atoms with Gasteiger partial charge in [-0.25, -0.2) is 0 Å². The minimum absolute atomic E-state index is 0.105. The minimum atomic E-state index is -0.186. The number of piperidine rings is 1. The van der Waals surface area contributed by atoms with E-state index in [1.54, 1.807) is 0 Å². The number of rotatable bonds is 3. The van der Waals surface area contributed by atoms with E-state index in [2.05, 4.69) is 34.5 Å². The average Bonchev–Trinajstić information content (AvgIpc) is 2.50. The molecule has 0 bridgehead atoms. The summed E-state index contributed by atoms with van der Waals surface area (Å²) in [6.07, 6.45) is 4.65. The van der Waals surface area contributed by atoms with Crippen molar-refractivity contribution in [3.05, 3.63) is 35.4 Å². The lowest BCUT2D eigenvalue weighted by atomic mass is 9.88. The summed E-state index contributed by atoms with van der Waals surface area (Å²) >= 11 is 0. The molecule has 0 spiro atoms. The van der Waals surface area contributed by atoms with E-state index in [0.29, 0.717) is 6.54 Å². The van der Waals surface area contributed by atoms with E-state index < -0.39 is 0 Å². The molecule has 1 aromatic carbocycles. The van der Waals surface area contributed by atoms with Crippen molar-refractivity contribution in [3.63, 3.8) is 0 Å². The molecule has 1 aromatic rings. The maximum Gasteiger partial charge on any atom is 0.234 e. The summed E-state index contributed by atoms with van der Waals surface area (Å²) < 4.78 is 0. The largest absolute Gasteiger partial charge is 0.393 e. The van der Waals surface area contributed by atoms with Crippen molar-refractivity contribution in [2.75, 3.05) is 19.6 Å². The van der Waals surface area contributed by atoms with Crippen LogP contribution in [0.1, 0.15) is 42.9 Å². The lowest BCUT2D eigenvalue weighted by Crippen LogP contribution is -2.43. The van der Waals surface area contributed by atoms with Crippen molar-refractivity contribution in [2.45, 2.75) is 44.2 Å². The van der Waals surface area contributed by atoms with Crippen molar-refractivity contribution >= 4 is 5.91 Å². The van der Waals surface area contributed by atoms with Gasteiger partial charge in [0.1, 0.15) is 0 Å². The Labute approximate surface area is 126 Å². The van der Waals surface area contributed by atoms with Crippen LogP contribution in [0.5, 0.6) is 0 Å². The van der Waals surface area contributed by atoms with Gasteiger partial charge < -0.3 is 10.4 Å². The van der Waals surface area contributed by atoms with Gasteiger partial charge in [-0.05, 0) is 43.2 Å². The Morgan fingerprint density at radius 3 is 2.81 bits per heavy atom. The highest BCUT2D eigenvalue weighted by Gasteiger charge is 2.23. The predicted molar refractivity (Wildman–Crippen MR) is 81.9 cm³/mol. The number of hydrogen-bond donors (Lipinski definition) is 2. The molecule has 1 amide bonds. The first-order valence-corrected chi connectivity index (χ1v) is 8.00. The average molecular weight is 288 g/mol. The lowest BCUT2D eigenvalue weighted by molar-refractivity contribution is -0.123. The van der Waals surface area contributed by atoms with Crippen molar-refractivity contribution in [2.24, 2.45) is 0 Å². The number of nitrogens with one attached hydrogen (secondary N) is 1. The zero-order valence-corrected chi connectivity index (χ0v) is 12.4. The topological polar surface area (TPSA) is 52.6 Å². The molecule has 2 aliphatic rings. The molecule has 1 atom stereocenters. The monoisotopic (exact) mass is 288 g/mol. The third-order valence-corrected chi connectivity index (χ3v) is 4.63. The van der Waals surface area contributed by atoms with Gasteiger partial charge in [-0.1, -0.05) is 24.3 Å². The fourth-order valence-electron chi connectivity index (χ4n) is 3.42. The van der Waals surface area contributed by atoms with Gasteiger partial charge in [-0.3, -0.25) is 9.69 Å². The Morgan fingerprint density at radius 1 is 1.24 bits per heavy atom. The molecular formula is C17H24N2O2. The number of aryl methyl sites for hydroxylation is 1. The molecule has 21 heavy (non-hydrogen) atoms. The number of nitrogens with zero attached hydrogens (tertiary/aromatic N) is 1. The van der Waals surface area contributed by atoms with Crippen molar-refractivity contribution in [1.82, 2.24) is 10.2 Å². The molecule has 1 aliphatic carbocycles. The van der Waals surface area contributed by atoms with Crippen LogP contribution >= 0.6 is 0 Å². The van der Waals surface area contributed by atoms with E-state index >= 15 is 0 Å². The molecule has 2 N–H and O–H groups in total. The molecule has 3 rings (SSSR count). The molecule has 1 saturated heterocycles. The first-order valence-electron chi connectivity index (χ1n) is 8.00. The normalized spacial score (nSPS) is 23.6. The summed E-state index contributed by atoms with van der Waals surface area (Å²) in [6.45, 7) is 2.08. The van der Waals surface area contributed by atoms with Gasteiger partial charge in [0.2, 0.25) is 5.91 Å². The number of amides is 1. The van der Waals surface area contributed by atoms with E-state index in [1.165, 1.54) is 11.1 Å². The second-order valence-corrected chi connectivity index (χ2v) is 6.22. The highest BCUT2D eigenvalue weighted by Crippen LogP contribution is 2.29. The Kier molecular flexibility index (Phi) is 4.56. The smallest absolute Gasteiger partial charge is 0.234 e. The van der Waals surface area contributed by atoms with E-state index in [-0.39, 0.29) is 18.1 Å². The lowest BCUT2D eigenvalue weighted by Gasteiger charge is -2.31. The second kappa shape index (κ2) is 6.58. The third kappa shape index (κ3) is 3.63. The minimum Gasteiger partial charge on any atom is -0.393 e. The first kappa shape index (κ1) is 14.5. The maximum atomic E-state index is 12.3. The van der Waals surface area contributed by atoms with Crippen LogP contribution in [-0.4, -0.2) is 41.7 Å². The van der Waals surface area contributed by atoms with Crippen LogP contribution in [0.4, 0.5) is 0 Å². The van der Waals surface area contributed by atoms with Crippen LogP contribution in [0.3, 0.4) is 0 Å². The molecule has 0 radical (unpaired) electrons. The van der Waals surface area contributed by atoms with E-state index in [1.807, 2.05) is 0 Å². The number of hydrogen-bond acceptors (Lipinski definition) is 3. The van der Waals surface area contributed by atoms with Crippen LogP contribution < -0.4 is 5.32 Å². The SMILES string of the molecule is O=C(CN1CCC(O)CC1)N[C@H]1CCCc2ccccc21. The number of fused-ring (bicyclic) bond motifs is 1. The fourth-order valence-corrected chi connectivity index (χ4v) is 3.42. The molecule has 0 saturated carbocycles. The molecule has 1 fully saturated rings. The fraction of sp³-hybridized carbons (Fsp3) is 0.588. The molecule has 0 unspecified atom stereocenters. The van der Waals surface area contributed by atoms with Crippen LogP contribution in [0.25, 0.3) is 0 Å². The summed E-state index contributed by atoms with van der Waals surface area (Å²) in [5.41, 5.74) is 2.65. The van der Waals surface area contributed by atoms with Crippen molar-refractivity contribution in [1.29, 1.82) is 0 Å². The van der Waals surface area contributed by atoms with Crippen molar-refractivity contribution in [3.8, 4) is 0 Å². The molecule has 114 valence electrons. The predicted octanol–water partition coefficient (Wildman–Crippen LogP) is 1.64. The van der Waals surface area contributed by atoms with Gasteiger partial charge in [-0.15, -0.1) is 0 Å². The van der Waals surface area contributed by atoms with E-state index in [0.717, 1.165) is 45.2 Å². The maximum absolute atomic E-state index is 12.3. The quantitative estimate of drug-likeness (QED) is 0.889. The highest BCUT2D eigenvalue weighted by atomic mass is 16.3. The second-order valence-electron chi connectivity index (χ2n) is 6.22. The Morgan fingerprint density at radius 2 is 2.00 bits per heavy atom. The first-order chi connectivity index (χ1) is 10.2. The summed E-state index contributed by atoms with van der Waals surface area (Å²) in [6, 6.07) is 8.59. The molecule has 1 heterocycles. The summed E-state index contributed by atoms with van der Waals surface area (Å²) in [4.78, 5) is 14.4. The van der Waals surface area contributed by atoms with E-state index in [4.69, 9.17) is 0 Å². The Hall–Kier alpha value is -1.39. The summed E-state index contributed by atoms with van der Waals surface area (Å²) in [5, 5.41) is 12.7. The van der Waals surface area contributed by atoms with Gasteiger partial charge in [-0.2, -0.15) is 0 Å². The Balaban J connectivity index is 1.56. The number of carbonyl (C=O) groups excluding carboxylic acids is 1. The van der Waals surface area contributed by atoms with E-state index in [9.17, 15) is 9.90 Å². The summed E-state index contributed by atoms with van der Waals surface area (Å²) in [7, 11) is 0. The number of carbonyl (C=O) groups is 1. The zero-order valence-electron chi connectivity index (χ0n) is 12.4. The van der Waals surface area contributed by atoms with Crippen LogP contribution in [-0.2, 0) is 11.2 Å². The highest BCUT2D eigenvalue weighted by molar-refractivity contribution is 5.78. The molecule has 0 aromatic heterocycles. The molecule has 4 nitrogen and oxygen atoms in total. The number of aliphatic hydroxyl groups is 1. The van der Waals surface area contributed by atoms with Gasteiger partial charge in [0, 0.05) is 13.1 Å². The van der Waals surface area contributed by atoms with Crippen LogP contribution in [0.15, 0.2) is 24.3 Å². The Bertz CT molecular complexity index is 495. The number of aliphatic hydroxyl groups excluding tert-OH is 1. The van der Waals surface area contributed by atoms with Gasteiger partial charge in [0.25, 0.3) is 0 Å². The van der Waals surface area contributed by atoms with Gasteiger partial charge >= 0.3 is 0 Å². The van der Waals surface area contributed by atoms with Crippen LogP contribution in [0.2, 0.25) is 0 Å². The van der Waals surface area contributed by atoms with Gasteiger partial charge in [0.05, 0.1) is 18.7 Å². The number of benzene rings is 1. The molecular weight excluding hydrogens is 264 g/mol. The summed E-state index contributed by atoms with van der Waals surface area (Å²) in [5.74, 6) is 0.105. The molecule has 1 aliphatic heterocycles. The zero-order chi connectivity index (χ0) is 14.7. The standard InChI is InChI=1S/C17H24N2O2/c20-14-8-10-19(11-9-14)12-17(21)18-16-7-3-5-13-4-1-2-6-15(13)16/h1-2,4,6,14,16,20H,3,5,7-12H2,(H,18,21)/t16-/m0/s1.